The van der Waals surface area contributed by atoms with Crippen LogP contribution in [0.15, 0.2) is 86.5 Å². The first kappa shape index (κ1) is 31.7. The molecule has 1 saturated heterocycles. The Hall–Kier alpha value is -3.48. The van der Waals surface area contributed by atoms with Crippen molar-refractivity contribution >= 4 is 41.7 Å². The van der Waals surface area contributed by atoms with E-state index in [9.17, 15) is 0 Å². The zero-order valence-corrected chi connectivity index (χ0v) is 24.0. The molecule has 1 aromatic heterocycles. The Kier molecular flexibility index (Phi) is 14.6. The Morgan fingerprint density at radius 2 is 1.74 bits per heavy atom. The van der Waals surface area contributed by atoms with E-state index in [1.54, 1.807) is 12.2 Å². The molecule has 1 aliphatic heterocycles. The van der Waals surface area contributed by atoms with Crippen LogP contribution in [0.5, 0.6) is 0 Å². The van der Waals surface area contributed by atoms with Gasteiger partial charge in [0.1, 0.15) is 5.82 Å². The van der Waals surface area contributed by atoms with Gasteiger partial charge in [-0.2, -0.15) is 0 Å². The topological polar surface area (TPSA) is 49.4 Å². The summed E-state index contributed by atoms with van der Waals surface area (Å²) >= 11 is 5.63. The molecule has 206 valence electrons. The summed E-state index contributed by atoms with van der Waals surface area (Å²) in [5, 5.41) is 8.98. The van der Waals surface area contributed by atoms with Crippen LogP contribution in [0, 0.1) is 0 Å². The van der Waals surface area contributed by atoms with E-state index >= 15 is 0 Å². The summed E-state index contributed by atoms with van der Waals surface area (Å²) in [5.74, 6) is 0.830. The fourth-order valence-electron chi connectivity index (χ4n) is 3.68. The number of allylic oxidation sites excluding steroid dienone is 2. The van der Waals surface area contributed by atoms with E-state index < -0.39 is 0 Å². The molecule has 39 heavy (non-hydrogen) atoms. The van der Waals surface area contributed by atoms with Crippen LogP contribution < -0.4 is 21.2 Å². The van der Waals surface area contributed by atoms with Crippen molar-refractivity contribution in [2.24, 2.45) is 0 Å². The van der Waals surface area contributed by atoms with Gasteiger partial charge < -0.3 is 15.4 Å². The van der Waals surface area contributed by atoms with Gasteiger partial charge in [-0.3, -0.25) is 4.90 Å². The van der Waals surface area contributed by atoms with Crippen molar-refractivity contribution in [2.75, 3.05) is 45.3 Å². The smallest absolute Gasteiger partial charge is 0.134 e. The summed E-state index contributed by atoms with van der Waals surface area (Å²) in [6.07, 6.45) is 5.50. The maximum atomic E-state index is 5.63. The van der Waals surface area contributed by atoms with E-state index in [0.717, 1.165) is 77.6 Å². The van der Waals surface area contributed by atoms with Crippen molar-refractivity contribution in [3.8, 4) is 0 Å². The van der Waals surface area contributed by atoms with Crippen LogP contribution in [0.2, 0.25) is 5.02 Å². The van der Waals surface area contributed by atoms with Gasteiger partial charge in [-0.05, 0) is 48.9 Å². The number of aromatic nitrogens is 1. The monoisotopic (exact) mass is 544 g/mol. The van der Waals surface area contributed by atoms with E-state index in [4.69, 9.17) is 16.3 Å². The highest BCUT2D eigenvalue weighted by molar-refractivity contribution is 6.30. The van der Waals surface area contributed by atoms with Gasteiger partial charge in [0.2, 0.25) is 0 Å². The van der Waals surface area contributed by atoms with Crippen LogP contribution in [-0.2, 0) is 11.3 Å². The number of morpholine rings is 1. The van der Waals surface area contributed by atoms with E-state index in [1.807, 2.05) is 62.5 Å². The quantitative estimate of drug-likeness (QED) is 0.387. The zero-order chi connectivity index (χ0) is 28.5. The van der Waals surface area contributed by atoms with Crippen LogP contribution in [0.25, 0.3) is 24.3 Å². The van der Waals surface area contributed by atoms with Crippen LogP contribution in [0.1, 0.15) is 23.6 Å². The van der Waals surface area contributed by atoms with Crippen molar-refractivity contribution in [3.63, 3.8) is 0 Å². The number of rotatable bonds is 8. The molecule has 6 heteroatoms. The summed E-state index contributed by atoms with van der Waals surface area (Å²) in [5.41, 5.74) is 4.38. The molecule has 0 saturated carbocycles. The molecule has 0 amide bonds. The highest BCUT2D eigenvalue weighted by Gasteiger charge is 2.10. The van der Waals surface area contributed by atoms with Crippen molar-refractivity contribution in [3.05, 3.63) is 119 Å². The van der Waals surface area contributed by atoms with E-state index in [1.165, 1.54) is 5.56 Å². The predicted octanol–water partition coefficient (Wildman–Crippen LogP) is 5.58. The normalized spacial score (nSPS) is 13.3. The molecule has 5 nitrogen and oxygen atoms in total. The number of nitrogens with zero attached hydrogens (tertiary/aromatic N) is 2. The van der Waals surface area contributed by atoms with Crippen molar-refractivity contribution in [2.45, 2.75) is 13.5 Å². The van der Waals surface area contributed by atoms with Gasteiger partial charge in [-0.1, -0.05) is 98.6 Å². The Labute approximate surface area is 238 Å². The van der Waals surface area contributed by atoms with Crippen molar-refractivity contribution in [1.82, 2.24) is 15.2 Å². The average molecular weight is 545 g/mol. The molecule has 0 spiro atoms. The molecule has 0 aliphatic carbocycles. The number of halogens is 1. The van der Waals surface area contributed by atoms with Gasteiger partial charge in [0.25, 0.3) is 0 Å². The molecule has 2 heterocycles. The van der Waals surface area contributed by atoms with Gasteiger partial charge >= 0.3 is 0 Å². The fourth-order valence-corrected chi connectivity index (χ4v) is 3.80. The first-order chi connectivity index (χ1) is 18.9. The lowest BCUT2D eigenvalue weighted by Gasteiger charge is -2.26. The predicted molar refractivity (Wildman–Crippen MR) is 170 cm³/mol. The third-order valence-corrected chi connectivity index (χ3v) is 6.04. The molecule has 1 aliphatic rings. The van der Waals surface area contributed by atoms with E-state index in [-0.39, 0.29) is 0 Å². The summed E-state index contributed by atoms with van der Waals surface area (Å²) in [4.78, 5) is 6.88. The second-order valence-electron chi connectivity index (χ2n) is 8.94. The van der Waals surface area contributed by atoms with Gasteiger partial charge in [-0.25, -0.2) is 4.98 Å². The van der Waals surface area contributed by atoms with Gasteiger partial charge in [-0.15, -0.1) is 0 Å². The number of nitrogens with one attached hydrogen (secondary N) is 2. The zero-order valence-electron chi connectivity index (χ0n) is 23.3. The fraction of sp³-hybridized carbons (Fsp3) is 0.242. The summed E-state index contributed by atoms with van der Waals surface area (Å²) in [7, 11) is 1.95. The molecule has 0 unspecified atom stereocenters. The largest absolute Gasteiger partial charge is 0.379 e. The maximum absolute atomic E-state index is 5.63. The number of hydrogen-bond acceptors (Lipinski definition) is 5. The molecule has 0 bridgehead atoms. The molecule has 1 fully saturated rings. The van der Waals surface area contributed by atoms with Crippen LogP contribution in [-0.4, -0.2) is 49.9 Å². The Balaban J connectivity index is 0.000000243. The number of pyridine rings is 1. The molecule has 3 aromatic rings. The first-order valence-electron chi connectivity index (χ1n) is 13.0. The molecular formula is C33H41ClN4O. The Morgan fingerprint density at radius 3 is 2.31 bits per heavy atom. The molecule has 0 atom stereocenters. The lowest BCUT2D eigenvalue weighted by Crippen LogP contribution is -2.40. The van der Waals surface area contributed by atoms with Crippen molar-refractivity contribution in [1.29, 1.82) is 0 Å². The van der Waals surface area contributed by atoms with Gasteiger partial charge in [0, 0.05) is 35.4 Å². The standard InChI is InChI=1S/C17H23N3O.C8H7Cl.C8H11N/c1-5-6-15-11-16(13(2)3)14(4)19-17(15)18-12-20-7-9-21-10-8-20;1-2-7-3-5-8(9)6-4-7;1-9-7-8-5-3-2-4-6-8/h5-6,11H,1-2,4,7-10,12H2,3H3,(H,18,19);2-6H,1H2;2-6,9H,7H2,1H3/b15-6-;;. The minimum atomic E-state index is 0.744. The lowest BCUT2D eigenvalue weighted by atomic mass is 10.1. The van der Waals surface area contributed by atoms with E-state index in [2.05, 4.69) is 65.0 Å². The number of hydrogen-bond donors (Lipinski definition) is 2. The summed E-state index contributed by atoms with van der Waals surface area (Å²) in [6, 6.07) is 19.9. The highest BCUT2D eigenvalue weighted by Crippen LogP contribution is 2.09. The highest BCUT2D eigenvalue weighted by atomic mass is 35.5. The molecule has 2 N–H and O–H groups in total. The second-order valence-corrected chi connectivity index (χ2v) is 9.38. The maximum Gasteiger partial charge on any atom is 0.134 e. The summed E-state index contributed by atoms with van der Waals surface area (Å²) < 4.78 is 5.35. The third-order valence-electron chi connectivity index (χ3n) is 5.79. The number of anilines is 1. The van der Waals surface area contributed by atoms with Crippen LogP contribution in [0.4, 0.5) is 5.82 Å². The van der Waals surface area contributed by atoms with Crippen LogP contribution >= 0.6 is 11.6 Å². The molecular weight excluding hydrogens is 504 g/mol. The SMILES string of the molecule is C=C/C=c1/cc(C(=C)C)c(=C)nc1NCN1CCOCC1.C=Cc1ccc(Cl)cc1.CNCc1ccccc1. The molecule has 4 rings (SSSR count). The molecule has 0 radical (unpaired) electrons. The van der Waals surface area contributed by atoms with Crippen molar-refractivity contribution < 1.29 is 4.74 Å². The minimum Gasteiger partial charge on any atom is -0.379 e. The number of ether oxygens (including phenoxy) is 1. The third kappa shape index (κ3) is 11.8. The average Bonchev–Trinajstić information content (AvgIpc) is 2.95. The lowest BCUT2D eigenvalue weighted by molar-refractivity contribution is 0.0414. The van der Waals surface area contributed by atoms with Gasteiger partial charge in [0.15, 0.2) is 0 Å². The molecule has 2 aromatic carbocycles. The summed E-state index contributed by atoms with van der Waals surface area (Å²) in [6.45, 7) is 22.5. The Bertz CT molecular complexity index is 1280. The minimum absolute atomic E-state index is 0.744. The Morgan fingerprint density at radius 1 is 1.08 bits per heavy atom. The first-order valence-corrected chi connectivity index (χ1v) is 13.3. The van der Waals surface area contributed by atoms with Gasteiger partial charge in [0.05, 0.1) is 25.2 Å². The van der Waals surface area contributed by atoms with E-state index in [0.29, 0.717) is 0 Å². The second kappa shape index (κ2) is 17.9. The van der Waals surface area contributed by atoms with Crippen LogP contribution in [0.3, 0.4) is 0 Å². The number of benzene rings is 2.